The first-order chi connectivity index (χ1) is 9.52. The molecule has 1 amide bonds. The average molecular weight is 286 g/mol. The first kappa shape index (κ1) is 13.9. The molecule has 2 aromatic rings. The van der Waals surface area contributed by atoms with E-state index in [0.717, 1.165) is 5.56 Å². The number of nitrogens with zero attached hydrogens (tertiary/aromatic N) is 1. The number of hydrogen-bond acceptors (Lipinski definition) is 3. The number of aryl methyl sites for hydroxylation is 1. The molecule has 0 aliphatic carbocycles. The predicted octanol–water partition coefficient (Wildman–Crippen LogP) is 3.35. The Morgan fingerprint density at radius 3 is 2.75 bits per heavy atom. The van der Waals surface area contributed by atoms with Gasteiger partial charge in [0.15, 0.2) is 0 Å². The molecule has 0 heterocycles. The second-order valence-corrected chi connectivity index (χ2v) is 4.70. The van der Waals surface area contributed by atoms with E-state index >= 15 is 0 Å². The van der Waals surface area contributed by atoms with Gasteiger partial charge in [-0.1, -0.05) is 23.7 Å². The third-order valence-electron chi connectivity index (χ3n) is 2.92. The van der Waals surface area contributed by atoms with Crippen molar-refractivity contribution in [3.05, 3.63) is 58.1 Å². The van der Waals surface area contributed by atoms with Crippen LogP contribution < -0.4 is 11.1 Å². The minimum atomic E-state index is -0.313. The Labute approximate surface area is 121 Å². The molecule has 0 radical (unpaired) electrons. The molecule has 100 valence electrons. The zero-order valence-electron chi connectivity index (χ0n) is 10.8. The van der Waals surface area contributed by atoms with E-state index in [1.54, 1.807) is 24.3 Å². The SMILES string of the molecule is Cc1cccc(C(=O)Nc2ccc(C#N)c(Cl)c2)c1N. The van der Waals surface area contributed by atoms with Crippen LogP contribution in [0.15, 0.2) is 36.4 Å². The van der Waals surface area contributed by atoms with E-state index in [-0.39, 0.29) is 5.91 Å². The van der Waals surface area contributed by atoms with Crippen molar-refractivity contribution in [2.75, 3.05) is 11.1 Å². The molecule has 4 nitrogen and oxygen atoms in total. The molecule has 0 fully saturated rings. The molecule has 0 saturated heterocycles. The number of anilines is 2. The maximum atomic E-state index is 12.2. The van der Waals surface area contributed by atoms with Gasteiger partial charge >= 0.3 is 0 Å². The fourth-order valence-corrected chi connectivity index (χ4v) is 1.98. The van der Waals surface area contributed by atoms with Gasteiger partial charge in [-0.05, 0) is 36.8 Å². The quantitative estimate of drug-likeness (QED) is 0.831. The smallest absolute Gasteiger partial charge is 0.257 e. The Hall–Kier alpha value is -2.51. The predicted molar refractivity (Wildman–Crippen MR) is 79.7 cm³/mol. The van der Waals surface area contributed by atoms with Crippen molar-refractivity contribution < 1.29 is 4.79 Å². The van der Waals surface area contributed by atoms with Crippen LogP contribution in [0, 0.1) is 18.3 Å². The third kappa shape index (κ3) is 2.73. The lowest BCUT2D eigenvalue weighted by atomic mass is 10.1. The number of nitrogen functional groups attached to an aromatic ring is 1. The minimum Gasteiger partial charge on any atom is -0.398 e. The molecule has 0 aliphatic rings. The second-order valence-electron chi connectivity index (χ2n) is 4.30. The maximum Gasteiger partial charge on any atom is 0.257 e. The zero-order chi connectivity index (χ0) is 14.7. The Kier molecular flexibility index (Phi) is 3.92. The van der Waals surface area contributed by atoms with Crippen LogP contribution in [0.1, 0.15) is 21.5 Å². The lowest BCUT2D eigenvalue weighted by molar-refractivity contribution is 0.102. The summed E-state index contributed by atoms with van der Waals surface area (Å²) >= 11 is 5.92. The Morgan fingerprint density at radius 1 is 1.35 bits per heavy atom. The number of hydrogen-bond donors (Lipinski definition) is 2. The van der Waals surface area contributed by atoms with E-state index in [4.69, 9.17) is 22.6 Å². The molecule has 0 saturated carbocycles. The lowest BCUT2D eigenvalue weighted by Crippen LogP contribution is -2.14. The summed E-state index contributed by atoms with van der Waals surface area (Å²) in [6, 6.07) is 11.9. The summed E-state index contributed by atoms with van der Waals surface area (Å²) < 4.78 is 0. The standard InChI is InChI=1S/C15H12ClN3O/c1-9-3-2-4-12(14(9)18)15(20)19-11-6-5-10(8-17)13(16)7-11/h2-7H,18H2,1H3,(H,19,20). The van der Waals surface area contributed by atoms with Crippen LogP contribution in [-0.2, 0) is 0 Å². The van der Waals surface area contributed by atoms with Gasteiger partial charge in [-0.25, -0.2) is 0 Å². The van der Waals surface area contributed by atoms with E-state index in [2.05, 4.69) is 5.32 Å². The highest BCUT2D eigenvalue weighted by molar-refractivity contribution is 6.32. The summed E-state index contributed by atoms with van der Waals surface area (Å²) in [4.78, 5) is 12.2. The van der Waals surface area contributed by atoms with Crippen LogP contribution in [0.25, 0.3) is 0 Å². The van der Waals surface area contributed by atoms with E-state index in [1.165, 1.54) is 6.07 Å². The number of para-hydroxylation sites is 1. The Balaban J connectivity index is 2.26. The molecule has 2 rings (SSSR count). The Bertz CT molecular complexity index is 720. The molecule has 0 bridgehead atoms. The number of carbonyl (C=O) groups excluding carboxylic acids is 1. The van der Waals surface area contributed by atoms with Gasteiger partial charge in [0.1, 0.15) is 6.07 Å². The molecule has 3 N–H and O–H groups in total. The van der Waals surface area contributed by atoms with Crippen molar-refractivity contribution in [2.24, 2.45) is 0 Å². The molecule has 5 heteroatoms. The van der Waals surface area contributed by atoms with Gasteiger partial charge in [0.25, 0.3) is 5.91 Å². The molecule has 0 aromatic heterocycles. The first-order valence-electron chi connectivity index (χ1n) is 5.89. The maximum absolute atomic E-state index is 12.2. The number of carbonyl (C=O) groups is 1. The summed E-state index contributed by atoms with van der Waals surface area (Å²) in [6.07, 6.45) is 0. The van der Waals surface area contributed by atoms with Gasteiger partial charge in [-0.3, -0.25) is 4.79 Å². The van der Waals surface area contributed by atoms with Crippen LogP contribution in [-0.4, -0.2) is 5.91 Å². The van der Waals surface area contributed by atoms with E-state index < -0.39 is 0 Å². The fraction of sp³-hybridized carbons (Fsp3) is 0.0667. The molecule has 0 spiro atoms. The van der Waals surface area contributed by atoms with Crippen molar-refractivity contribution in [2.45, 2.75) is 6.92 Å². The zero-order valence-corrected chi connectivity index (χ0v) is 11.5. The number of rotatable bonds is 2. The summed E-state index contributed by atoms with van der Waals surface area (Å²) in [5.74, 6) is -0.313. The number of amides is 1. The van der Waals surface area contributed by atoms with Crippen molar-refractivity contribution in [3.63, 3.8) is 0 Å². The highest BCUT2D eigenvalue weighted by Gasteiger charge is 2.11. The van der Waals surface area contributed by atoms with Crippen LogP contribution in [0.3, 0.4) is 0 Å². The van der Waals surface area contributed by atoms with Gasteiger partial charge in [-0.15, -0.1) is 0 Å². The minimum absolute atomic E-state index is 0.294. The Morgan fingerprint density at radius 2 is 2.10 bits per heavy atom. The van der Waals surface area contributed by atoms with E-state index in [9.17, 15) is 4.79 Å². The van der Waals surface area contributed by atoms with Crippen LogP contribution in [0.5, 0.6) is 0 Å². The van der Waals surface area contributed by atoms with Crippen molar-refractivity contribution >= 4 is 28.9 Å². The molecule has 0 atom stereocenters. The lowest BCUT2D eigenvalue weighted by Gasteiger charge is -2.09. The summed E-state index contributed by atoms with van der Waals surface area (Å²) in [6.45, 7) is 1.84. The number of nitrogens with two attached hydrogens (primary N) is 1. The number of halogens is 1. The third-order valence-corrected chi connectivity index (χ3v) is 3.23. The van der Waals surface area contributed by atoms with Crippen molar-refractivity contribution in [3.8, 4) is 6.07 Å². The summed E-state index contributed by atoms with van der Waals surface area (Å²) in [5, 5.41) is 11.8. The highest BCUT2D eigenvalue weighted by Crippen LogP contribution is 2.22. The van der Waals surface area contributed by atoms with Crippen molar-refractivity contribution in [1.82, 2.24) is 0 Å². The molecule has 0 unspecified atom stereocenters. The fourth-order valence-electron chi connectivity index (χ4n) is 1.76. The van der Waals surface area contributed by atoms with Crippen LogP contribution in [0.2, 0.25) is 5.02 Å². The van der Waals surface area contributed by atoms with Gasteiger partial charge in [0.2, 0.25) is 0 Å². The molecule has 20 heavy (non-hydrogen) atoms. The van der Waals surface area contributed by atoms with Gasteiger partial charge in [0.05, 0.1) is 16.1 Å². The van der Waals surface area contributed by atoms with E-state index in [0.29, 0.717) is 27.5 Å². The summed E-state index contributed by atoms with van der Waals surface area (Å²) in [7, 11) is 0. The molecule has 0 aliphatic heterocycles. The van der Waals surface area contributed by atoms with E-state index in [1.807, 2.05) is 19.1 Å². The van der Waals surface area contributed by atoms with Gasteiger partial charge < -0.3 is 11.1 Å². The van der Waals surface area contributed by atoms with Crippen LogP contribution >= 0.6 is 11.6 Å². The monoisotopic (exact) mass is 285 g/mol. The summed E-state index contributed by atoms with van der Waals surface area (Å²) in [5.41, 5.74) is 8.46. The molecule has 2 aromatic carbocycles. The molecular formula is C15H12ClN3O. The second kappa shape index (κ2) is 5.64. The first-order valence-corrected chi connectivity index (χ1v) is 6.27. The highest BCUT2D eigenvalue weighted by atomic mass is 35.5. The number of nitrogens with one attached hydrogen (secondary N) is 1. The largest absolute Gasteiger partial charge is 0.398 e. The van der Waals surface area contributed by atoms with Crippen LogP contribution in [0.4, 0.5) is 11.4 Å². The topological polar surface area (TPSA) is 78.9 Å². The number of nitriles is 1. The average Bonchev–Trinajstić information content (AvgIpc) is 2.42. The van der Waals surface area contributed by atoms with Gasteiger partial charge in [-0.2, -0.15) is 5.26 Å². The number of benzene rings is 2. The van der Waals surface area contributed by atoms with Gasteiger partial charge in [0, 0.05) is 11.4 Å². The normalized spacial score (nSPS) is 9.85. The van der Waals surface area contributed by atoms with Crippen molar-refractivity contribution in [1.29, 1.82) is 5.26 Å². The molecular weight excluding hydrogens is 274 g/mol.